The normalized spacial score (nSPS) is 24.2. The summed E-state index contributed by atoms with van der Waals surface area (Å²) >= 11 is 8.12. The van der Waals surface area contributed by atoms with Crippen molar-refractivity contribution in [3.63, 3.8) is 0 Å². The van der Waals surface area contributed by atoms with Crippen LogP contribution in [0.15, 0.2) is 22.7 Å². The summed E-state index contributed by atoms with van der Waals surface area (Å²) in [6.07, 6.45) is 0. The monoisotopic (exact) mass is 302 g/mol. The molecule has 1 aromatic rings. The molecule has 1 unspecified atom stereocenters. The first-order valence-corrected chi connectivity index (χ1v) is 5.73. The van der Waals surface area contributed by atoms with Crippen molar-refractivity contribution >= 4 is 39.2 Å². The number of hydrogen-bond acceptors (Lipinski definition) is 2. The standard InChI is InChI=1S/C10H8BrFN2OS/c1-10(8(15)13-9(16)14-10)6-3-2-5(12)4-7(6)11/h2-4H,1H3,(H2,13,14,15,16). The van der Waals surface area contributed by atoms with Crippen LogP contribution < -0.4 is 10.6 Å². The average molecular weight is 303 g/mol. The number of amides is 1. The minimum absolute atomic E-state index is 0.246. The van der Waals surface area contributed by atoms with Gasteiger partial charge in [-0.15, -0.1) is 0 Å². The largest absolute Gasteiger partial charge is 0.345 e. The van der Waals surface area contributed by atoms with Gasteiger partial charge < -0.3 is 10.6 Å². The van der Waals surface area contributed by atoms with E-state index in [1.807, 2.05) is 0 Å². The SMILES string of the molecule is CC1(c2ccc(F)cc2Br)NC(=S)NC1=O. The first kappa shape index (κ1) is 11.5. The lowest BCUT2D eigenvalue weighted by molar-refractivity contribution is -0.123. The van der Waals surface area contributed by atoms with Crippen LogP contribution in [0.2, 0.25) is 0 Å². The van der Waals surface area contributed by atoms with Crippen molar-refractivity contribution in [3.05, 3.63) is 34.1 Å². The van der Waals surface area contributed by atoms with Crippen LogP contribution in [0.25, 0.3) is 0 Å². The first-order valence-electron chi connectivity index (χ1n) is 4.52. The van der Waals surface area contributed by atoms with Gasteiger partial charge in [-0.05, 0) is 31.3 Å². The van der Waals surface area contributed by atoms with Crippen molar-refractivity contribution in [2.24, 2.45) is 0 Å². The summed E-state index contributed by atoms with van der Waals surface area (Å²) in [7, 11) is 0. The maximum Gasteiger partial charge on any atom is 0.256 e. The molecule has 0 saturated carbocycles. The molecule has 3 nitrogen and oxygen atoms in total. The van der Waals surface area contributed by atoms with Gasteiger partial charge in [0.25, 0.3) is 5.91 Å². The molecule has 1 saturated heterocycles. The molecular formula is C10H8BrFN2OS. The molecule has 1 amide bonds. The van der Waals surface area contributed by atoms with Crippen LogP contribution in [0.5, 0.6) is 0 Å². The second kappa shape index (κ2) is 3.78. The van der Waals surface area contributed by atoms with Gasteiger partial charge in [-0.25, -0.2) is 4.39 Å². The third kappa shape index (κ3) is 1.72. The van der Waals surface area contributed by atoms with Crippen LogP contribution in [0.3, 0.4) is 0 Å². The number of nitrogens with one attached hydrogen (secondary N) is 2. The second-order valence-corrected chi connectivity index (χ2v) is 4.92. The Morgan fingerprint density at radius 1 is 1.50 bits per heavy atom. The van der Waals surface area contributed by atoms with E-state index >= 15 is 0 Å². The molecule has 0 bridgehead atoms. The number of thiocarbonyl (C=S) groups is 1. The third-order valence-corrected chi connectivity index (χ3v) is 3.37. The third-order valence-electron chi connectivity index (χ3n) is 2.51. The van der Waals surface area contributed by atoms with Crippen LogP contribution >= 0.6 is 28.1 Å². The lowest BCUT2D eigenvalue weighted by Crippen LogP contribution is -2.40. The molecule has 6 heteroatoms. The molecule has 16 heavy (non-hydrogen) atoms. The summed E-state index contributed by atoms with van der Waals surface area (Å²) < 4.78 is 13.5. The molecule has 1 aromatic carbocycles. The fraction of sp³-hybridized carbons (Fsp3) is 0.200. The number of halogens is 2. The lowest BCUT2D eigenvalue weighted by Gasteiger charge is -2.22. The molecule has 0 aromatic heterocycles. The molecule has 2 N–H and O–H groups in total. The van der Waals surface area contributed by atoms with E-state index in [0.717, 1.165) is 0 Å². The highest BCUT2D eigenvalue weighted by Crippen LogP contribution is 2.31. The van der Waals surface area contributed by atoms with Crippen molar-refractivity contribution in [3.8, 4) is 0 Å². The minimum atomic E-state index is -0.955. The summed E-state index contributed by atoms with van der Waals surface area (Å²) in [5, 5.41) is 5.67. The zero-order valence-corrected chi connectivity index (χ0v) is 10.7. The predicted octanol–water partition coefficient (Wildman–Crippen LogP) is 1.81. The van der Waals surface area contributed by atoms with E-state index in [-0.39, 0.29) is 16.8 Å². The fourth-order valence-corrected chi connectivity index (χ4v) is 2.67. The van der Waals surface area contributed by atoms with E-state index in [1.165, 1.54) is 12.1 Å². The average Bonchev–Trinajstić information content (AvgIpc) is 2.40. The van der Waals surface area contributed by atoms with Gasteiger partial charge in [0, 0.05) is 10.0 Å². The molecule has 0 aliphatic carbocycles. The van der Waals surface area contributed by atoms with Crippen molar-refractivity contribution in [2.75, 3.05) is 0 Å². The maximum absolute atomic E-state index is 13.0. The Kier molecular flexibility index (Phi) is 2.71. The number of benzene rings is 1. The van der Waals surface area contributed by atoms with Gasteiger partial charge in [0.1, 0.15) is 11.4 Å². The zero-order valence-electron chi connectivity index (χ0n) is 8.30. The van der Waals surface area contributed by atoms with Gasteiger partial charge in [0.05, 0.1) is 0 Å². The van der Waals surface area contributed by atoms with Crippen LogP contribution in [0, 0.1) is 5.82 Å². The van der Waals surface area contributed by atoms with Gasteiger partial charge in [0.15, 0.2) is 5.11 Å². The Morgan fingerprint density at radius 3 is 2.69 bits per heavy atom. The minimum Gasteiger partial charge on any atom is -0.345 e. The van der Waals surface area contributed by atoms with Crippen molar-refractivity contribution in [2.45, 2.75) is 12.5 Å². The Bertz CT molecular complexity index is 494. The smallest absolute Gasteiger partial charge is 0.256 e. The van der Waals surface area contributed by atoms with Gasteiger partial charge in [-0.1, -0.05) is 22.0 Å². The van der Waals surface area contributed by atoms with Crippen LogP contribution in [-0.2, 0) is 10.3 Å². The van der Waals surface area contributed by atoms with Crippen LogP contribution in [0.4, 0.5) is 4.39 Å². The van der Waals surface area contributed by atoms with E-state index in [4.69, 9.17) is 12.2 Å². The molecule has 84 valence electrons. The maximum atomic E-state index is 13.0. The summed E-state index contributed by atoms with van der Waals surface area (Å²) in [5.74, 6) is -0.606. The number of rotatable bonds is 1. The molecule has 1 aliphatic heterocycles. The molecule has 1 heterocycles. The molecule has 1 aliphatic rings. The quantitative estimate of drug-likeness (QED) is 0.778. The van der Waals surface area contributed by atoms with Gasteiger partial charge in [0.2, 0.25) is 0 Å². The fourth-order valence-electron chi connectivity index (χ4n) is 1.63. The Labute approximate surface area is 106 Å². The van der Waals surface area contributed by atoms with Gasteiger partial charge in [-0.2, -0.15) is 0 Å². The van der Waals surface area contributed by atoms with Gasteiger partial charge in [-0.3, -0.25) is 4.79 Å². The van der Waals surface area contributed by atoms with Crippen molar-refractivity contribution < 1.29 is 9.18 Å². The van der Waals surface area contributed by atoms with Gasteiger partial charge >= 0.3 is 0 Å². The lowest BCUT2D eigenvalue weighted by atomic mass is 9.92. The molecule has 1 fully saturated rings. The highest BCUT2D eigenvalue weighted by Gasteiger charge is 2.42. The number of carbonyl (C=O) groups is 1. The predicted molar refractivity (Wildman–Crippen MR) is 65.3 cm³/mol. The molecule has 0 spiro atoms. The first-order chi connectivity index (χ1) is 7.43. The summed E-state index contributed by atoms with van der Waals surface area (Å²) in [6, 6.07) is 4.18. The van der Waals surface area contributed by atoms with E-state index in [9.17, 15) is 9.18 Å². The van der Waals surface area contributed by atoms with Crippen molar-refractivity contribution in [1.82, 2.24) is 10.6 Å². The molecule has 2 rings (SSSR count). The molecule has 1 atom stereocenters. The summed E-state index contributed by atoms with van der Waals surface area (Å²) in [5.41, 5.74) is -0.310. The van der Waals surface area contributed by atoms with Crippen molar-refractivity contribution in [1.29, 1.82) is 0 Å². The van der Waals surface area contributed by atoms with Crippen LogP contribution in [0.1, 0.15) is 12.5 Å². The number of carbonyl (C=O) groups excluding carboxylic acids is 1. The molecular weight excluding hydrogens is 295 g/mol. The Hall–Kier alpha value is -1.01. The second-order valence-electron chi connectivity index (χ2n) is 3.66. The van der Waals surface area contributed by atoms with E-state index in [0.29, 0.717) is 10.0 Å². The summed E-state index contributed by atoms with van der Waals surface area (Å²) in [4.78, 5) is 11.8. The highest BCUT2D eigenvalue weighted by atomic mass is 79.9. The van der Waals surface area contributed by atoms with E-state index in [2.05, 4.69) is 26.6 Å². The van der Waals surface area contributed by atoms with E-state index in [1.54, 1.807) is 13.0 Å². The Balaban J connectivity index is 2.51. The molecule has 0 radical (unpaired) electrons. The summed E-state index contributed by atoms with van der Waals surface area (Å²) in [6.45, 7) is 1.69. The van der Waals surface area contributed by atoms with Crippen LogP contribution in [-0.4, -0.2) is 11.0 Å². The number of hydrogen-bond donors (Lipinski definition) is 2. The zero-order chi connectivity index (χ0) is 11.9. The Morgan fingerprint density at radius 2 is 2.19 bits per heavy atom. The van der Waals surface area contributed by atoms with E-state index < -0.39 is 5.54 Å². The highest BCUT2D eigenvalue weighted by molar-refractivity contribution is 9.10. The topological polar surface area (TPSA) is 41.1 Å².